The molecule has 0 radical (unpaired) electrons. The normalized spacial score (nSPS) is 22.4. The molecule has 2 atom stereocenters. The van der Waals surface area contributed by atoms with Crippen LogP contribution in [-0.2, 0) is 14.3 Å². The highest BCUT2D eigenvalue weighted by Gasteiger charge is 2.47. The molecule has 0 aromatic heterocycles. The number of methoxy groups -OCH3 is 2. The topological polar surface area (TPSA) is 106 Å². The highest BCUT2D eigenvalue weighted by Crippen LogP contribution is 2.41. The van der Waals surface area contributed by atoms with Crippen molar-refractivity contribution in [3.05, 3.63) is 59.2 Å². The van der Waals surface area contributed by atoms with Gasteiger partial charge in [0.25, 0.3) is 11.7 Å². The summed E-state index contributed by atoms with van der Waals surface area (Å²) in [5.74, 6) is -0.991. The molecule has 2 fully saturated rings. The van der Waals surface area contributed by atoms with Crippen LogP contribution in [0.1, 0.15) is 30.0 Å². The van der Waals surface area contributed by atoms with Gasteiger partial charge in [-0.3, -0.25) is 9.59 Å². The number of benzene rings is 2. The SMILES string of the molecule is COc1ccc(/C(O)=C2/C(=O)C(=O)N(CC3CCCO3)C2c2cccc(O)c2)cc1OC. The second kappa shape index (κ2) is 8.92. The van der Waals surface area contributed by atoms with Crippen LogP contribution in [0.15, 0.2) is 48.0 Å². The Morgan fingerprint density at radius 1 is 1.12 bits per heavy atom. The first-order chi connectivity index (χ1) is 15.4. The van der Waals surface area contributed by atoms with E-state index in [0.29, 0.717) is 29.2 Å². The number of ketones is 1. The van der Waals surface area contributed by atoms with Gasteiger partial charge >= 0.3 is 0 Å². The Balaban J connectivity index is 1.84. The number of carbonyl (C=O) groups is 2. The van der Waals surface area contributed by atoms with Gasteiger partial charge in [-0.15, -0.1) is 0 Å². The molecule has 32 heavy (non-hydrogen) atoms. The van der Waals surface area contributed by atoms with E-state index in [4.69, 9.17) is 14.2 Å². The predicted molar refractivity (Wildman–Crippen MR) is 116 cm³/mol. The summed E-state index contributed by atoms with van der Waals surface area (Å²) >= 11 is 0. The number of amides is 1. The maximum Gasteiger partial charge on any atom is 0.295 e. The summed E-state index contributed by atoms with van der Waals surface area (Å²) in [7, 11) is 2.96. The molecule has 0 aliphatic carbocycles. The number of Topliss-reactive ketones (excluding diaryl/α,β-unsaturated/α-hetero) is 1. The molecule has 2 aromatic rings. The molecule has 2 N–H and O–H groups in total. The lowest BCUT2D eigenvalue weighted by Gasteiger charge is -2.27. The maximum absolute atomic E-state index is 13.1. The average Bonchev–Trinajstić information content (AvgIpc) is 3.40. The molecule has 4 rings (SSSR count). The number of aliphatic hydroxyl groups excluding tert-OH is 1. The van der Waals surface area contributed by atoms with Crippen LogP contribution in [0.3, 0.4) is 0 Å². The lowest BCUT2D eigenvalue weighted by atomic mass is 9.95. The second-order valence-electron chi connectivity index (χ2n) is 7.75. The van der Waals surface area contributed by atoms with Crippen molar-refractivity contribution in [2.24, 2.45) is 0 Å². The Labute approximate surface area is 185 Å². The van der Waals surface area contributed by atoms with Crippen molar-refractivity contribution >= 4 is 17.4 Å². The van der Waals surface area contributed by atoms with E-state index < -0.39 is 17.7 Å². The highest BCUT2D eigenvalue weighted by molar-refractivity contribution is 6.46. The van der Waals surface area contributed by atoms with Gasteiger partial charge in [-0.25, -0.2) is 0 Å². The van der Waals surface area contributed by atoms with Crippen LogP contribution in [0.25, 0.3) is 5.76 Å². The minimum absolute atomic E-state index is 0.00341. The van der Waals surface area contributed by atoms with E-state index in [1.54, 1.807) is 30.3 Å². The average molecular weight is 439 g/mol. The molecule has 2 aliphatic rings. The summed E-state index contributed by atoms with van der Waals surface area (Å²) in [5.41, 5.74) is 0.776. The zero-order chi connectivity index (χ0) is 22.8. The number of phenols is 1. The third-order valence-electron chi connectivity index (χ3n) is 5.81. The molecular weight excluding hydrogens is 414 g/mol. The van der Waals surface area contributed by atoms with Crippen molar-refractivity contribution in [1.29, 1.82) is 0 Å². The summed E-state index contributed by atoms with van der Waals surface area (Å²) in [5, 5.41) is 21.2. The van der Waals surface area contributed by atoms with Gasteiger partial charge in [0.1, 0.15) is 11.5 Å². The summed E-state index contributed by atoms with van der Waals surface area (Å²) in [4.78, 5) is 27.5. The molecule has 0 saturated carbocycles. The number of aromatic hydroxyl groups is 1. The lowest BCUT2D eigenvalue weighted by molar-refractivity contribution is -0.140. The van der Waals surface area contributed by atoms with Crippen molar-refractivity contribution in [3.63, 3.8) is 0 Å². The Morgan fingerprint density at radius 2 is 1.91 bits per heavy atom. The zero-order valence-electron chi connectivity index (χ0n) is 17.9. The molecule has 168 valence electrons. The van der Waals surface area contributed by atoms with Gasteiger partial charge in [-0.2, -0.15) is 0 Å². The van der Waals surface area contributed by atoms with Crippen LogP contribution in [0, 0.1) is 0 Å². The van der Waals surface area contributed by atoms with Crippen molar-refractivity contribution < 1.29 is 34.0 Å². The molecule has 8 heteroatoms. The first-order valence-corrected chi connectivity index (χ1v) is 10.4. The van der Waals surface area contributed by atoms with Crippen LogP contribution in [-0.4, -0.2) is 60.3 Å². The summed E-state index contributed by atoms with van der Waals surface area (Å²) < 4.78 is 16.2. The molecule has 2 unspecified atom stereocenters. The number of hydrogen-bond acceptors (Lipinski definition) is 7. The lowest BCUT2D eigenvalue weighted by Crippen LogP contribution is -2.36. The van der Waals surface area contributed by atoms with Gasteiger partial charge in [-0.05, 0) is 48.7 Å². The fourth-order valence-corrected chi connectivity index (χ4v) is 4.26. The third kappa shape index (κ3) is 3.89. The number of aliphatic hydroxyl groups is 1. The van der Waals surface area contributed by atoms with Crippen LogP contribution >= 0.6 is 0 Å². The fraction of sp³-hybridized carbons (Fsp3) is 0.333. The van der Waals surface area contributed by atoms with Gasteiger partial charge in [0, 0.05) is 18.7 Å². The van der Waals surface area contributed by atoms with Crippen molar-refractivity contribution in [3.8, 4) is 17.2 Å². The Bertz CT molecular complexity index is 1070. The Kier molecular flexibility index (Phi) is 6.05. The van der Waals surface area contributed by atoms with E-state index in [-0.39, 0.29) is 29.7 Å². The minimum atomic E-state index is -0.862. The molecule has 0 bridgehead atoms. The van der Waals surface area contributed by atoms with Crippen LogP contribution < -0.4 is 9.47 Å². The number of ether oxygens (including phenoxy) is 3. The second-order valence-corrected chi connectivity index (χ2v) is 7.75. The number of likely N-dealkylation sites (tertiary alicyclic amines) is 1. The smallest absolute Gasteiger partial charge is 0.295 e. The van der Waals surface area contributed by atoms with Gasteiger partial charge in [0.05, 0.1) is 31.9 Å². The largest absolute Gasteiger partial charge is 0.508 e. The van der Waals surface area contributed by atoms with Crippen LogP contribution in [0.2, 0.25) is 0 Å². The zero-order valence-corrected chi connectivity index (χ0v) is 17.9. The highest BCUT2D eigenvalue weighted by atomic mass is 16.5. The Hall–Kier alpha value is -3.52. The minimum Gasteiger partial charge on any atom is -0.508 e. The molecule has 2 aromatic carbocycles. The molecule has 2 heterocycles. The van der Waals surface area contributed by atoms with Crippen LogP contribution in [0.5, 0.6) is 17.2 Å². The first-order valence-electron chi connectivity index (χ1n) is 10.4. The predicted octanol–water partition coefficient (Wildman–Crippen LogP) is 3.01. The molecule has 1 amide bonds. The number of rotatable bonds is 6. The molecule has 8 nitrogen and oxygen atoms in total. The van der Waals surface area contributed by atoms with Gasteiger partial charge in [0.15, 0.2) is 11.5 Å². The van der Waals surface area contributed by atoms with E-state index in [1.165, 1.54) is 31.3 Å². The molecular formula is C24H25NO7. The summed E-state index contributed by atoms with van der Waals surface area (Å²) in [6.45, 7) is 0.824. The number of carbonyl (C=O) groups excluding carboxylic acids is 2. The fourth-order valence-electron chi connectivity index (χ4n) is 4.26. The van der Waals surface area contributed by atoms with Gasteiger partial charge < -0.3 is 29.3 Å². The van der Waals surface area contributed by atoms with Crippen molar-refractivity contribution in [2.45, 2.75) is 25.0 Å². The maximum atomic E-state index is 13.1. The number of nitrogens with zero attached hydrogens (tertiary/aromatic N) is 1. The summed E-state index contributed by atoms with van der Waals surface area (Å²) in [6.07, 6.45) is 1.48. The Morgan fingerprint density at radius 3 is 2.56 bits per heavy atom. The van der Waals surface area contributed by atoms with E-state index in [2.05, 4.69) is 0 Å². The molecule has 0 spiro atoms. The quantitative estimate of drug-likeness (QED) is 0.405. The van der Waals surface area contributed by atoms with Crippen molar-refractivity contribution in [2.75, 3.05) is 27.4 Å². The van der Waals surface area contributed by atoms with E-state index >= 15 is 0 Å². The van der Waals surface area contributed by atoms with Crippen molar-refractivity contribution in [1.82, 2.24) is 4.90 Å². The van der Waals surface area contributed by atoms with Crippen LogP contribution in [0.4, 0.5) is 0 Å². The van der Waals surface area contributed by atoms with E-state index in [0.717, 1.165) is 12.8 Å². The van der Waals surface area contributed by atoms with Gasteiger partial charge in [-0.1, -0.05) is 12.1 Å². The van der Waals surface area contributed by atoms with E-state index in [9.17, 15) is 19.8 Å². The number of phenolic OH excluding ortho intramolecular Hbond substituents is 1. The molecule has 2 aliphatic heterocycles. The summed E-state index contributed by atoms with van der Waals surface area (Å²) in [6, 6.07) is 10.2. The molecule has 2 saturated heterocycles. The first kappa shape index (κ1) is 21.7. The standard InChI is InChI=1S/C24H25NO7/c1-30-18-9-8-15(12-19(18)31-2)22(27)20-21(14-5-3-6-16(26)11-14)25(24(29)23(20)28)13-17-7-4-10-32-17/h3,5-6,8-9,11-12,17,21,26-27H,4,7,10,13H2,1-2H3/b22-20-. The third-order valence-corrected chi connectivity index (χ3v) is 5.81. The monoisotopic (exact) mass is 439 g/mol. The number of hydrogen-bond donors (Lipinski definition) is 2. The van der Waals surface area contributed by atoms with Gasteiger partial charge in [0.2, 0.25) is 0 Å². The van der Waals surface area contributed by atoms with E-state index in [1.807, 2.05) is 0 Å².